The zero-order valence-electron chi connectivity index (χ0n) is 13.7. The van der Waals surface area contributed by atoms with E-state index in [1.165, 1.54) is 0 Å². The first kappa shape index (κ1) is 19.9. The maximum Gasteiger partial charge on any atom is 0.166 e. The lowest BCUT2D eigenvalue weighted by molar-refractivity contribution is 0.0170. The molecule has 5 nitrogen and oxygen atoms in total. The van der Waals surface area contributed by atoms with Crippen LogP contribution in [-0.4, -0.2) is 63.4 Å². The zero-order chi connectivity index (χ0) is 15.6. The number of benzene rings is 1. The van der Waals surface area contributed by atoms with Gasteiger partial charge in [0, 0.05) is 26.1 Å². The summed E-state index contributed by atoms with van der Waals surface area (Å²) in [5, 5.41) is 0. The van der Waals surface area contributed by atoms with Gasteiger partial charge >= 0.3 is 0 Å². The number of hydrogen-bond acceptors (Lipinski definition) is 5. The van der Waals surface area contributed by atoms with Crippen molar-refractivity contribution in [1.29, 1.82) is 0 Å². The predicted octanol–water partition coefficient (Wildman–Crippen LogP) is 2.43. The van der Waals surface area contributed by atoms with Gasteiger partial charge in [0.25, 0.3) is 0 Å². The molecule has 0 N–H and O–H groups in total. The van der Waals surface area contributed by atoms with E-state index in [-0.39, 0.29) is 18.2 Å². The van der Waals surface area contributed by atoms with Gasteiger partial charge in [-0.05, 0) is 12.1 Å². The third-order valence-electron chi connectivity index (χ3n) is 3.65. The summed E-state index contributed by atoms with van der Waals surface area (Å²) >= 11 is 0. The Morgan fingerprint density at radius 3 is 2.65 bits per heavy atom. The molecule has 0 aliphatic carbocycles. The highest BCUT2D eigenvalue weighted by Crippen LogP contribution is 2.19. The first-order valence-electron chi connectivity index (χ1n) is 7.94. The van der Waals surface area contributed by atoms with Crippen molar-refractivity contribution < 1.29 is 19.0 Å². The minimum atomic E-state index is 0. The number of ether oxygens (including phenoxy) is 3. The molecule has 0 bridgehead atoms. The zero-order valence-corrected chi connectivity index (χ0v) is 14.5. The number of Topliss-reactive ketones (excluding diaryl/α,β-unsaturated/α-hetero) is 1. The number of nitrogens with zero attached hydrogens (tertiary/aromatic N) is 1. The Morgan fingerprint density at radius 2 is 1.91 bits per heavy atom. The van der Waals surface area contributed by atoms with E-state index in [2.05, 4.69) is 4.90 Å². The predicted molar refractivity (Wildman–Crippen MR) is 91.9 cm³/mol. The number of morpholine rings is 1. The van der Waals surface area contributed by atoms with E-state index in [1.807, 2.05) is 25.1 Å². The molecule has 0 atom stereocenters. The van der Waals surface area contributed by atoms with Gasteiger partial charge in [-0.25, -0.2) is 0 Å². The normalized spacial score (nSPS) is 15.0. The molecule has 23 heavy (non-hydrogen) atoms. The van der Waals surface area contributed by atoms with Gasteiger partial charge in [-0.1, -0.05) is 19.1 Å². The van der Waals surface area contributed by atoms with Crippen molar-refractivity contribution in [2.75, 3.05) is 52.7 Å². The summed E-state index contributed by atoms with van der Waals surface area (Å²) in [6, 6.07) is 7.37. The minimum Gasteiger partial charge on any atom is -0.490 e. The molecule has 1 saturated heterocycles. The molecule has 1 fully saturated rings. The molecule has 0 saturated carbocycles. The quantitative estimate of drug-likeness (QED) is 0.509. The average molecular weight is 344 g/mol. The maximum absolute atomic E-state index is 11.8. The number of carbonyl (C=O) groups excluding carboxylic acids is 1. The number of ketones is 1. The first-order chi connectivity index (χ1) is 10.8. The fraction of sp³-hybridized carbons (Fsp3) is 0.588. The Bertz CT molecular complexity index is 464. The molecule has 1 heterocycles. The lowest BCUT2D eigenvalue weighted by Crippen LogP contribution is -2.38. The third-order valence-corrected chi connectivity index (χ3v) is 3.65. The van der Waals surface area contributed by atoms with Gasteiger partial charge in [0.1, 0.15) is 12.4 Å². The van der Waals surface area contributed by atoms with Gasteiger partial charge < -0.3 is 14.2 Å². The summed E-state index contributed by atoms with van der Waals surface area (Å²) in [7, 11) is 0. The van der Waals surface area contributed by atoms with Crippen LogP contribution < -0.4 is 4.74 Å². The second kappa shape index (κ2) is 11.4. The van der Waals surface area contributed by atoms with Gasteiger partial charge in [0.15, 0.2) is 5.78 Å². The molecule has 0 radical (unpaired) electrons. The molecule has 0 unspecified atom stereocenters. The monoisotopic (exact) mass is 343 g/mol. The molecule has 0 amide bonds. The fourth-order valence-electron chi connectivity index (χ4n) is 2.34. The van der Waals surface area contributed by atoms with E-state index in [1.54, 1.807) is 6.07 Å². The molecule has 0 aromatic heterocycles. The summed E-state index contributed by atoms with van der Waals surface area (Å²) in [5.41, 5.74) is 0.651. The highest BCUT2D eigenvalue weighted by molar-refractivity contribution is 5.98. The smallest absolute Gasteiger partial charge is 0.166 e. The minimum absolute atomic E-state index is 0. The van der Waals surface area contributed by atoms with Crippen molar-refractivity contribution in [3.63, 3.8) is 0 Å². The molecule has 1 aliphatic rings. The number of rotatable bonds is 9. The second-order valence-electron chi connectivity index (χ2n) is 5.19. The van der Waals surface area contributed by atoms with Crippen LogP contribution in [0, 0.1) is 0 Å². The lowest BCUT2D eigenvalue weighted by Gasteiger charge is -2.26. The van der Waals surface area contributed by atoms with Crippen LogP contribution in [0.1, 0.15) is 23.7 Å². The topological polar surface area (TPSA) is 48.0 Å². The van der Waals surface area contributed by atoms with E-state index in [9.17, 15) is 4.79 Å². The van der Waals surface area contributed by atoms with Crippen LogP contribution in [0.4, 0.5) is 0 Å². The van der Waals surface area contributed by atoms with Crippen LogP contribution in [0.2, 0.25) is 0 Å². The second-order valence-corrected chi connectivity index (χ2v) is 5.19. The van der Waals surface area contributed by atoms with Crippen LogP contribution in [0.15, 0.2) is 24.3 Å². The van der Waals surface area contributed by atoms with E-state index in [4.69, 9.17) is 14.2 Å². The maximum atomic E-state index is 11.8. The Kier molecular flexibility index (Phi) is 9.87. The van der Waals surface area contributed by atoms with Crippen LogP contribution in [0.25, 0.3) is 0 Å². The third kappa shape index (κ3) is 6.87. The van der Waals surface area contributed by atoms with Gasteiger partial charge in [0.2, 0.25) is 0 Å². The molecule has 0 spiro atoms. The van der Waals surface area contributed by atoms with E-state index in [0.717, 1.165) is 32.8 Å². The van der Waals surface area contributed by atoms with Crippen molar-refractivity contribution in [2.24, 2.45) is 0 Å². The Hall–Kier alpha value is -1.14. The molecule has 1 aromatic rings. The standard InChI is InChI=1S/C17H25NO4.ClH/c1-2-16(19)15-5-3-4-6-17(15)22-14-13-21-12-9-18-7-10-20-11-8-18;/h3-6H,2,7-14H2,1H3;1H. The Balaban J connectivity index is 0.00000264. The van der Waals surface area contributed by atoms with Crippen LogP contribution in [0.5, 0.6) is 5.75 Å². The van der Waals surface area contributed by atoms with Crippen molar-refractivity contribution >= 4 is 18.2 Å². The van der Waals surface area contributed by atoms with Crippen molar-refractivity contribution in [2.45, 2.75) is 13.3 Å². The summed E-state index contributed by atoms with van der Waals surface area (Å²) < 4.78 is 16.6. The van der Waals surface area contributed by atoms with Crippen LogP contribution in [-0.2, 0) is 9.47 Å². The van der Waals surface area contributed by atoms with Crippen molar-refractivity contribution in [3.05, 3.63) is 29.8 Å². The van der Waals surface area contributed by atoms with Crippen molar-refractivity contribution in [3.8, 4) is 5.75 Å². The molecular formula is C17H26ClNO4. The van der Waals surface area contributed by atoms with Gasteiger partial charge in [-0.15, -0.1) is 12.4 Å². The number of para-hydroxylation sites is 1. The molecule has 6 heteroatoms. The van der Waals surface area contributed by atoms with Crippen LogP contribution >= 0.6 is 12.4 Å². The van der Waals surface area contributed by atoms with E-state index >= 15 is 0 Å². The largest absolute Gasteiger partial charge is 0.490 e. The van der Waals surface area contributed by atoms with Crippen LogP contribution in [0.3, 0.4) is 0 Å². The highest BCUT2D eigenvalue weighted by Gasteiger charge is 2.10. The average Bonchev–Trinajstić information content (AvgIpc) is 2.58. The highest BCUT2D eigenvalue weighted by atomic mass is 35.5. The summed E-state index contributed by atoms with van der Waals surface area (Å²) in [4.78, 5) is 14.2. The molecule has 130 valence electrons. The van der Waals surface area contributed by atoms with E-state index in [0.29, 0.717) is 37.6 Å². The molecular weight excluding hydrogens is 318 g/mol. The Labute approximate surface area is 144 Å². The Morgan fingerprint density at radius 1 is 1.17 bits per heavy atom. The van der Waals surface area contributed by atoms with E-state index < -0.39 is 0 Å². The molecule has 2 rings (SSSR count). The summed E-state index contributed by atoms with van der Waals surface area (Å²) in [5.74, 6) is 0.745. The number of hydrogen-bond donors (Lipinski definition) is 0. The van der Waals surface area contributed by atoms with Gasteiger partial charge in [-0.3, -0.25) is 9.69 Å². The number of carbonyl (C=O) groups is 1. The van der Waals surface area contributed by atoms with Gasteiger partial charge in [-0.2, -0.15) is 0 Å². The summed E-state index contributed by atoms with van der Waals surface area (Å²) in [6.45, 7) is 8.03. The fourth-order valence-corrected chi connectivity index (χ4v) is 2.34. The lowest BCUT2D eigenvalue weighted by atomic mass is 10.1. The number of halogens is 1. The SMILES string of the molecule is CCC(=O)c1ccccc1OCCOCCN1CCOCC1.Cl. The first-order valence-corrected chi connectivity index (χ1v) is 7.94. The van der Waals surface area contributed by atoms with Crippen molar-refractivity contribution in [1.82, 2.24) is 4.90 Å². The van der Waals surface area contributed by atoms with Gasteiger partial charge in [0.05, 0.1) is 32.0 Å². The molecule has 1 aliphatic heterocycles. The summed E-state index contributed by atoms with van der Waals surface area (Å²) in [6.07, 6.45) is 0.483. The molecule has 1 aromatic carbocycles.